The van der Waals surface area contributed by atoms with Crippen LogP contribution in [-0.2, 0) is 9.59 Å². The fourth-order valence-electron chi connectivity index (χ4n) is 2.56. The first-order chi connectivity index (χ1) is 13.5. The number of amides is 2. The summed E-state index contributed by atoms with van der Waals surface area (Å²) in [7, 11) is 0. The smallest absolute Gasteiger partial charge is 0.292 e. The predicted octanol–water partition coefficient (Wildman–Crippen LogP) is 3.82. The molecule has 0 radical (unpaired) electrons. The van der Waals surface area contributed by atoms with Crippen molar-refractivity contribution in [1.82, 2.24) is 4.90 Å². The van der Waals surface area contributed by atoms with Crippen molar-refractivity contribution in [3.8, 4) is 0 Å². The molecule has 1 N–H and O–H groups in total. The van der Waals surface area contributed by atoms with E-state index in [4.69, 9.17) is 12.2 Å². The molecule has 1 aliphatic rings. The summed E-state index contributed by atoms with van der Waals surface area (Å²) < 4.78 is 0.380. The third-order valence-corrected chi connectivity index (χ3v) is 5.29. The zero-order valence-corrected chi connectivity index (χ0v) is 16.2. The molecule has 1 fully saturated rings. The maximum atomic E-state index is 12.6. The highest BCUT2D eigenvalue weighted by molar-refractivity contribution is 8.26. The van der Waals surface area contributed by atoms with E-state index in [0.29, 0.717) is 9.23 Å². The van der Waals surface area contributed by atoms with E-state index in [1.165, 1.54) is 34.9 Å². The molecule has 9 heteroatoms. The lowest BCUT2D eigenvalue weighted by atomic mass is 10.2. The quantitative estimate of drug-likeness (QED) is 0.335. The van der Waals surface area contributed by atoms with E-state index in [1.54, 1.807) is 12.1 Å². The van der Waals surface area contributed by atoms with Crippen molar-refractivity contribution in [2.45, 2.75) is 6.42 Å². The normalized spacial score (nSPS) is 15.1. The molecule has 0 aromatic heterocycles. The lowest BCUT2D eigenvalue weighted by Crippen LogP contribution is -2.31. The Bertz CT molecular complexity index is 976. The number of nitrogens with one attached hydrogen (secondary N) is 1. The van der Waals surface area contributed by atoms with E-state index in [0.717, 1.165) is 5.56 Å². The number of hydrogen-bond donors (Lipinski definition) is 1. The number of nitro groups is 1. The van der Waals surface area contributed by atoms with Crippen molar-refractivity contribution >= 4 is 57.6 Å². The largest absolute Gasteiger partial charge is 0.320 e. The summed E-state index contributed by atoms with van der Waals surface area (Å²) >= 11 is 6.44. The fraction of sp³-hybridized carbons (Fsp3) is 0.105. The molecular formula is C19H15N3O4S2. The third-order valence-electron chi connectivity index (χ3n) is 3.91. The Morgan fingerprint density at radius 1 is 1.18 bits per heavy atom. The summed E-state index contributed by atoms with van der Waals surface area (Å²) in [5.41, 5.74) is 0.816. The number of benzene rings is 2. The Kier molecular flexibility index (Phi) is 6.17. The molecule has 142 valence electrons. The number of rotatable bonds is 6. The van der Waals surface area contributed by atoms with Crippen LogP contribution in [0.4, 0.5) is 11.4 Å². The minimum atomic E-state index is -0.563. The molecule has 3 rings (SSSR count). The number of thiocarbonyl (C=S) groups is 1. The van der Waals surface area contributed by atoms with Crippen molar-refractivity contribution in [2.75, 3.05) is 11.9 Å². The van der Waals surface area contributed by atoms with Gasteiger partial charge in [0.15, 0.2) is 0 Å². The van der Waals surface area contributed by atoms with Crippen molar-refractivity contribution in [3.63, 3.8) is 0 Å². The summed E-state index contributed by atoms with van der Waals surface area (Å²) in [6.45, 7) is 0.100. The number of carbonyl (C=O) groups is 2. The highest BCUT2D eigenvalue weighted by Crippen LogP contribution is 2.32. The molecule has 0 aliphatic carbocycles. The molecule has 2 aromatic rings. The first-order valence-corrected chi connectivity index (χ1v) is 9.52. The number of thioether (sulfide) groups is 1. The Hall–Kier alpha value is -3.04. The van der Waals surface area contributed by atoms with E-state index in [2.05, 4.69) is 5.32 Å². The molecule has 0 unspecified atom stereocenters. The van der Waals surface area contributed by atoms with Crippen LogP contribution in [0.1, 0.15) is 12.0 Å². The van der Waals surface area contributed by atoms with Gasteiger partial charge in [-0.3, -0.25) is 24.6 Å². The monoisotopic (exact) mass is 413 g/mol. The van der Waals surface area contributed by atoms with Crippen molar-refractivity contribution in [3.05, 3.63) is 75.2 Å². The van der Waals surface area contributed by atoms with Crippen LogP contribution in [0.25, 0.3) is 6.08 Å². The van der Waals surface area contributed by atoms with E-state index < -0.39 is 10.8 Å². The minimum absolute atomic E-state index is 0.0306. The molecule has 2 aromatic carbocycles. The van der Waals surface area contributed by atoms with Gasteiger partial charge >= 0.3 is 0 Å². The van der Waals surface area contributed by atoms with Gasteiger partial charge in [0.2, 0.25) is 5.91 Å². The van der Waals surface area contributed by atoms with Crippen molar-refractivity contribution in [2.24, 2.45) is 0 Å². The van der Waals surface area contributed by atoms with Gasteiger partial charge in [0, 0.05) is 19.0 Å². The molecule has 7 nitrogen and oxygen atoms in total. The molecule has 1 saturated heterocycles. The average Bonchev–Trinajstić information content (AvgIpc) is 2.94. The van der Waals surface area contributed by atoms with Gasteiger partial charge < -0.3 is 5.32 Å². The highest BCUT2D eigenvalue weighted by atomic mass is 32.2. The number of carbonyl (C=O) groups excluding carboxylic acids is 2. The van der Waals surface area contributed by atoms with Crippen LogP contribution >= 0.6 is 24.0 Å². The predicted molar refractivity (Wildman–Crippen MR) is 113 cm³/mol. The topological polar surface area (TPSA) is 92.6 Å². The highest BCUT2D eigenvalue weighted by Gasteiger charge is 2.32. The summed E-state index contributed by atoms with van der Waals surface area (Å²) in [5, 5.41) is 13.5. The lowest BCUT2D eigenvalue weighted by Gasteiger charge is -2.14. The van der Waals surface area contributed by atoms with E-state index in [1.807, 2.05) is 30.3 Å². The summed E-state index contributed by atoms with van der Waals surface area (Å²) in [6, 6.07) is 15.3. The van der Waals surface area contributed by atoms with Gasteiger partial charge in [-0.15, -0.1) is 0 Å². The molecule has 0 bridgehead atoms. The first kappa shape index (κ1) is 19.7. The second-order valence-corrected chi connectivity index (χ2v) is 7.49. The van der Waals surface area contributed by atoms with E-state index >= 15 is 0 Å². The fourth-order valence-corrected chi connectivity index (χ4v) is 3.87. The molecule has 0 saturated carbocycles. The second-order valence-electron chi connectivity index (χ2n) is 5.82. The van der Waals surface area contributed by atoms with Gasteiger partial charge in [-0.05, 0) is 17.7 Å². The molecule has 28 heavy (non-hydrogen) atoms. The number of nitrogens with zero attached hydrogens (tertiary/aromatic N) is 2. The van der Waals surface area contributed by atoms with E-state index in [-0.39, 0.29) is 30.2 Å². The molecule has 1 aliphatic heterocycles. The van der Waals surface area contributed by atoms with Gasteiger partial charge in [-0.2, -0.15) is 0 Å². The van der Waals surface area contributed by atoms with Crippen LogP contribution < -0.4 is 5.32 Å². The van der Waals surface area contributed by atoms with Gasteiger partial charge in [0.25, 0.3) is 11.6 Å². The minimum Gasteiger partial charge on any atom is -0.320 e. The Morgan fingerprint density at radius 2 is 1.86 bits per heavy atom. The maximum Gasteiger partial charge on any atom is 0.292 e. The Balaban J connectivity index is 1.62. The molecule has 1 heterocycles. The Labute approximate surface area is 170 Å². The number of nitro benzene ring substituents is 1. The zero-order chi connectivity index (χ0) is 20.1. The molecule has 0 atom stereocenters. The summed E-state index contributed by atoms with van der Waals surface area (Å²) in [6.07, 6.45) is 1.73. The van der Waals surface area contributed by atoms with Gasteiger partial charge in [-0.1, -0.05) is 66.4 Å². The van der Waals surface area contributed by atoms with Gasteiger partial charge in [0.1, 0.15) is 10.0 Å². The van der Waals surface area contributed by atoms with Crippen molar-refractivity contribution in [1.29, 1.82) is 0 Å². The van der Waals surface area contributed by atoms with Crippen LogP contribution in [-0.4, -0.2) is 32.5 Å². The molecular weight excluding hydrogens is 398 g/mol. The molecule has 0 spiro atoms. The SMILES string of the molecule is O=C(CCN1C(=O)/C(=C/c2ccccc2)SC1=S)Nc1ccccc1[N+](=O)[O-]. The maximum absolute atomic E-state index is 12.6. The number of anilines is 1. The number of para-hydroxylation sites is 2. The van der Waals surface area contributed by atoms with Crippen molar-refractivity contribution < 1.29 is 14.5 Å². The second kappa shape index (κ2) is 8.77. The lowest BCUT2D eigenvalue weighted by molar-refractivity contribution is -0.383. The van der Waals surface area contributed by atoms with Crippen LogP contribution in [0.5, 0.6) is 0 Å². The third kappa shape index (κ3) is 4.62. The zero-order valence-electron chi connectivity index (χ0n) is 14.5. The Morgan fingerprint density at radius 3 is 2.57 bits per heavy atom. The summed E-state index contributed by atoms with van der Waals surface area (Å²) in [5.74, 6) is -0.687. The van der Waals surface area contributed by atoms with Crippen LogP contribution in [0.3, 0.4) is 0 Å². The van der Waals surface area contributed by atoms with Gasteiger partial charge in [0.05, 0.1) is 9.83 Å². The van der Waals surface area contributed by atoms with Gasteiger partial charge in [-0.25, -0.2) is 0 Å². The average molecular weight is 413 g/mol. The van der Waals surface area contributed by atoms with Crippen LogP contribution in [0.15, 0.2) is 59.5 Å². The number of hydrogen-bond acceptors (Lipinski definition) is 6. The molecule has 2 amide bonds. The van der Waals surface area contributed by atoms with E-state index in [9.17, 15) is 19.7 Å². The van der Waals surface area contributed by atoms with Crippen LogP contribution in [0.2, 0.25) is 0 Å². The van der Waals surface area contributed by atoms with Crippen LogP contribution in [0, 0.1) is 10.1 Å². The summed E-state index contributed by atoms with van der Waals surface area (Å²) in [4.78, 5) is 37.1. The standard InChI is InChI=1S/C19H15N3O4S2/c23-17(20-14-8-4-5-9-15(14)22(25)26)10-11-21-18(24)16(28-19(21)27)12-13-6-2-1-3-7-13/h1-9,12H,10-11H2,(H,20,23)/b16-12-. The first-order valence-electron chi connectivity index (χ1n) is 8.29.